The third-order valence-corrected chi connectivity index (χ3v) is 6.70. The van der Waals surface area contributed by atoms with Crippen LogP contribution in [0.5, 0.6) is 0 Å². The Labute approximate surface area is 226 Å². The van der Waals surface area contributed by atoms with Gasteiger partial charge in [-0.05, 0) is 38.5 Å². The van der Waals surface area contributed by atoms with Gasteiger partial charge in [0.15, 0.2) is 0 Å². The number of nitrogens with one attached hydrogen (secondary N) is 3. The van der Waals surface area contributed by atoms with Gasteiger partial charge in [-0.1, -0.05) is 20.3 Å². The molecule has 6 atom stereocenters. The van der Waals surface area contributed by atoms with Crippen LogP contribution < -0.4 is 33.2 Å². The first kappa shape index (κ1) is 33.3. The van der Waals surface area contributed by atoms with Crippen molar-refractivity contribution in [3.8, 4) is 0 Å². The van der Waals surface area contributed by atoms with Crippen molar-refractivity contribution in [3.05, 3.63) is 0 Å². The Balaban J connectivity index is 2.90. The lowest BCUT2D eigenvalue weighted by Crippen LogP contribution is -2.58. The molecule has 1 heterocycles. The molecule has 6 amide bonds. The van der Waals surface area contributed by atoms with Crippen LogP contribution in [0.3, 0.4) is 0 Å². The van der Waals surface area contributed by atoms with Gasteiger partial charge in [-0.25, -0.2) is 4.79 Å². The molecule has 1 rings (SSSR count). The second-order valence-electron chi connectivity index (χ2n) is 9.81. The third-order valence-electron chi connectivity index (χ3n) is 6.70. The second kappa shape index (κ2) is 15.6. The molecule has 0 radical (unpaired) electrons. The van der Waals surface area contributed by atoms with Crippen LogP contribution in [0.15, 0.2) is 0 Å². The molecule has 0 bridgehead atoms. The minimum absolute atomic E-state index is 0.0571. The molecule has 1 aliphatic heterocycles. The van der Waals surface area contributed by atoms with Crippen LogP contribution >= 0.6 is 0 Å². The number of nitrogens with zero attached hydrogens (tertiary/aromatic N) is 1. The van der Waals surface area contributed by atoms with Crippen LogP contribution in [0.25, 0.3) is 0 Å². The van der Waals surface area contributed by atoms with Crippen molar-refractivity contribution in [2.24, 2.45) is 23.1 Å². The molecule has 220 valence electrons. The van der Waals surface area contributed by atoms with Gasteiger partial charge in [-0.15, -0.1) is 0 Å². The Morgan fingerprint density at radius 3 is 2.05 bits per heavy atom. The van der Waals surface area contributed by atoms with Crippen molar-refractivity contribution in [3.63, 3.8) is 0 Å². The topological polar surface area (TPSA) is 257 Å². The summed E-state index contributed by atoms with van der Waals surface area (Å²) >= 11 is 0. The number of carboxylic acids is 1. The Kier molecular flexibility index (Phi) is 13.3. The number of hydrogen-bond acceptors (Lipinski definition) is 8. The molecule has 15 nitrogen and oxygen atoms in total. The van der Waals surface area contributed by atoms with Gasteiger partial charge < -0.3 is 43.2 Å². The van der Waals surface area contributed by atoms with Gasteiger partial charge in [0.1, 0.15) is 24.2 Å². The number of amides is 6. The molecule has 0 aromatic heterocycles. The van der Waals surface area contributed by atoms with E-state index < -0.39 is 71.6 Å². The third kappa shape index (κ3) is 10.5. The van der Waals surface area contributed by atoms with Crippen molar-refractivity contribution in [2.75, 3.05) is 6.54 Å². The molecule has 10 N–H and O–H groups in total. The van der Waals surface area contributed by atoms with Gasteiger partial charge in [0.2, 0.25) is 35.4 Å². The molecule has 15 heteroatoms. The number of likely N-dealkylation sites (tertiary alicyclic amines) is 1. The van der Waals surface area contributed by atoms with E-state index >= 15 is 0 Å². The molecule has 1 aliphatic rings. The number of hydrogen-bond donors (Lipinski definition) is 7. The van der Waals surface area contributed by atoms with Crippen molar-refractivity contribution in [2.45, 2.75) is 95.9 Å². The Morgan fingerprint density at radius 2 is 1.51 bits per heavy atom. The summed E-state index contributed by atoms with van der Waals surface area (Å²) in [6.45, 7) is 5.13. The smallest absolute Gasteiger partial charge is 0.326 e. The molecule has 1 fully saturated rings. The van der Waals surface area contributed by atoms with Crippen LogP contribution in [0, 0.1) is 5.92 Å². The Morgan fingerprint density at radius 1 is 0.923 bits per heavy atom. The number of nitrogens with two attached hydrogens (primary N) is 3. The first-order chi connectivity index (χ1) is 18.2. The lowest BCUT2D eigenvalue weighted by atomic mass is 9.98. The monoisotopic (exact) mass is 555 g/mol. The fourth-order valence-corrected chi connectivity index (χ4v) is 4.12. The summed E-state index contributed by atoms with van der Waals surface area (Å²) in [5, 5.41) is 16.9. The number of carbonyl (C=O) groups is 7. The normalized spacial score (nSPS) is 18.7. The standard InChI is InChI=1S/C24H41N7O8/c1-4-12(2)19(24(38)39)30-22(36)16-6-5-11-31(16)23(37)13(3)28-21(35)15(8-10-18(27)33)29-20(34)14(25)7-9-17(26)32/h12-16,19H,4-11,25H2,1-3H3,(H2,26,32)(H2,27,33)(H,28,35)(H,29,34)(H,30,36)(H,38,39)/t12-,13-,14-,15-,16-,19-/m0/s1. The molecule has 0 unspecified atom stereocenters. The SMILES string of the molecule is CC[C@H](C)[C@H](NC(=O)[C@@H]1CCCN1C(=O)[C@H](C)NC(=O)[C@H](CCC(N)=O)NC(=O)[C@@H](N)CCC(N)=O)C(=O)O. The zero-order valence-electron chi connectivity index (χ0n) is 22.6. The summed E-state index contributed by atoms with van der Waals surface area (Å²) in [5.41, 5.74) is 16.0. The summed E-state index contributed by atoms with van der Waals surface area (Å²) < 4.78 is 0. The van der Waals surface area contributed by atoms with Crippen molar-refractivity contribution >= 4 is 41.4 Å². The van der Waals surface area contributed by atoms with Gasteiger partial charge >= 0.3 is 5.97 Å². The summed E-state index contributed by atoms with van der Waals surface area (Å²) in [5.74, 6) is -5.58. The minimum Gasteiger partial charge on any atom is -0.480 e. The van der Waals surface area contributed by atoms with Crippen LogP contribution in [-0.2, 0) is 33.6 Å². The Bertz CT molecular complexity index is 943. The average molecular weight is 556 g/mol. The van der Waals surface area contributed by atoms with E-state index in [0.717, 1.165) is 0 Å². The first-order valence-electron chi connectivity index (χ1n) is 13.0. The molecule has 0 spiro atoms. The highest BCUT2D eigenvalue weighted by Gasteiger charge is 2.39. The van der Waals surface area contributed by atoms with E-state index in [2.05, 4.69) is 16.0 Å². The number of rotatable bonds is 16. The maximum Gasteiger partial charge on any atom is 0.326 e. The highest BCUT2D eigenvalue weighted by Crippen LogP contribution is 2.20. The van der Waals surface area contributed by atoms with E-state index in [0.29, 0.717) is 19.3 Å². The summed E-state index contributed by atoms with van der Waals surface area (Å²) in [6.07, 6.45) is 0.740. The van der Waals surface area contributed by atoms with Crippen molar-refractivity contribution < 1.29 is 38.7 Å². The van der Waals surface area contributed by atoms with Crippen molar-refractivity contribution in [1.82, 2.24) is 20.9 Å². The summed E-state index contributed by atoms with van der Waals surface area (Å²) in [4.78, 5) is 86.5. The minimum atomic E-state index is -1.26. The molecular formula is C24H41N7O8. The van der Waals surface area contributed by atoms with Crippen LogP contribution in [0.1, 0.15) is 65.7 Å². The highest BCUT2D eigenvalue weighted by molar-refractivity contribution is 5.95. The quantitative estimate of drug-likeness (QED) is 0.105. The predicted molar refractivity (Wildman–Crippen MR) is 138 cm³/mol. The molecular weight excluding hydrogens is 514 g/mol. The summed E-state index contributed by atoms with van der Waals surface area (Å²) in [7, 11) is 0. The molecule has 0 aromatic carbocycles. The number of carboxylic acid groups (broad SMARTS) is 1. The zero-order valence-corrected chi connectivity index (χ0v) is 22.6. The number of aliphatic carboxylic acids is 1. The van der Waals surface area contributed by atoms with Crippen LogP contribution in [0.2, 0.25) is 0 Å². The van der Waals surface area contributed by atoms with E-state index in [1.54, 1.807) is 13.8 Å². The van der Waals surface area contributed by atoms with Gasteiger partial charge in [-0.3, -0.25) is 28.8 Å². The molecule has 39 heavy (non-hydrogen) atoms. The predicted octanol–water partition coefficient (Wildman–Crippen LogP) is -2.56. The van der Waals surface area contributed by atoms with Crippen LogP contribution in [0.4, 0.5) is 0 Å². The molecule has 0 aliphatic carbocycles. The van der Waals surface area contributed by atoms with E-state index in [9.17, 15) is 38.7 Å². The van der Waals surface area contributed by atoms with E-state index in [1.807, 2.05) is 0 Å². The second-order valence-corrected chi connectivity index (χ2v) is 9.81. The van der Waals surface area contributed by atoms with E-state index in [1.165, 1.54) is 11.8 Å². The fourth-order valence-electron chi connectivity index (χ4n) is 4.12. The van der Waals surface area contributed by atoms with E-state index in [-0.39, 0.29) is 38.1 Å². The van der Waals surface area contributed by atoms with Gasteiger partial charge in [-0.2, -0.15) is 0 Å². The van der Waals surface area contributed by atoms with Gasteiger partial charge in [0.05, 0.1) is 6.04 Å². The van der Waals surface area contributed by atoms with Gasteiger partial charge in [0.25, 0.3) is 0 Å². The highest BCUT2D eigenvalue weighted by atomic mass is 16.4. The summed E-state index contributed by atoms with van der Waals surface area (Å²) in [6, 6.07) is -5.54. The number of carbonyl (C=O) groups excluding carboxylic acids is 6. The average Bonchev–Trinajstić information content (AvgIpc) is 3.36. The first-order valence-corrected chi connectivity index (χ1v) is 13.0. The fraction of sp³-hybridized carbons (Fsp3) is 0.708. The lowest BCUT2D eigenvalue weighted by molar-refractivity contribution is -0.146. The maximum absolute atomic E-state index is 13.2. The lowest BCUT2D eigenvalue weighted by Gasteiger charge is -2.29. The van der Waals surface area contributed by atoms with E-state index in [4.69, 9.17) is 17.2 Å². The van der Waals surface area contributed by atoms with Gasteiger partial charge in [0, 0.05) is 19.4 Å². The molecule has 0 aromatic rings. The van der Waals surface area contributed by atoms with Crippen LogP contribution in [-0.4, -0.2) is 88.2 Å². The Hall–Kier alpha value is -3.75. The molecule has 1 saturated heterocycles. The maximum atomic E-state index is 13.2. The number of primary amides is 2. The van der Waals surface area contributed by atoms with Crippen molar-refractivity contribution in [1.29, 1.82) is 0 Å². The molecule has 0 saturated carbocycles. The largest absolute Gasteiger partial charge is 0.480 e. The zero-order chi connectivity index (χ0) is 29.9.